The van der Waals surface area contributed by atoms with E-state index in [0.29, 0.717) is 11.1 Å². The molecule has 0 radical (unpaired) electrons. The summed E-state index contributed by atoms with van der Waals surface area (Å²) in [5.74, 6) is -0.579. The standard InChI is InChI=1S/C29H16BrF9N2O3/c1-3-15-4-7-19(14(2)8-15)25(43)41-22-9-16(5-6-17(22)13-40)23(42)12-20-21(30)10-18(11-24(20)44-26(31)32)27(33,28(34,35)36)29(37,38)39/h1,4-11,26H,12H2,2H3,(H,41,43). The summed E-state index contributed by atoms with van der Waals surface area (Å²) in [6.45, 7) is -2.19. The number of hydrogen-bond donors (Lipinski definition) is 1. The van der Waals surface area contributed by atoms with Gasteiger partial charge in [0, 0.05) is 38.7 Å². The maximum absolute atomic E-state index is 14.6. The lowest BCUT2D eigenvalue weighted by Gasteiger charge is -2.31. The smallest absolute Gasteiger partial charge is 0.434 e. The third-order valence-corrected chi connectivity index (χ3v) is 6.94. The summed E-state index contributed by atoms with van der Waals surface area (Å²) < 4.78 is 124. The van der Waals surface area contributed by atoms with Gasteiger partial charge in [0.2, 0.25) is 0 Å². The number of aryl methyl sites for hydroxylation is 1. The Morgan fingerprint density at radius 1 is 1.00 bits per heavy atom. The molecular weight excluding hydrogens is 675 g/mol. The quantitative estimate of drug-likeness (QED) is 0.147. The van der Waals surface area contributed by atoms with Gasteiger partial charge in [0.15, 0.2) is 5.78 Å². The molecule has 3 aromatic carbocycles. The van der Waals surface area contributed by atoms with Gasteiger partial charge in [0.1, 0.15) is 11.8 Å². The molecule has 15 heteroatoms. The highest BCUT2D eigenvalue weighted by molar-refractivity contribution is 9.10. The van der Waals surface area contributed by atoms with Crippen molar-refractivity contribution < 1.29 is 53.8 Å². The van der Waals surface area contributed by atoms with E-state index in [4.69, 9.17) is 6.42 Å². The molecule has 0 aliphatic heterocycles. The molecule has 5 nitrogen and oxygen atoms in total. The average molecular weight is 691 g/mol. The Morgan fingerprint density at radius 3 is 2.16 bits per heavy atom. The van der Waals surface area contributed by atoms with E-state index in [0.717, 1.165) is 18.2 Å². The third-order valence-electron chi connectivity index (χ3n) is 6.23. The fourth-order valence-corrected chi connectivity index (χ4v) is 4.63. The SMILES string of the molecule is C#Cc1ccc(C(=O)Nc2cc(C(=O)Cc3c(Br)cc(C(F)(C(F)(F)F)C(F)(F)F)cc3OC(F)F)ccc2C#N)c(C)c1. The van der Waals surface area contributed by atoms with E-state index in [1.807, 2.05) is 0 Å². The van der Waals surface area contributed by atoms with Crippen molar-refractivity contribution in [1.29, 1.82) is 5.26 Å². The van der Waals surface area contributed by atoms with Gasteiger partial charge in [-0.2, -0.15) is 40.4 Å². The van der Waals surface area contributed by atoms with Crippen LogP contribution in [0.5, 0.6) is 5.75 Å². The largest absolute Gasteiger partial charge is 0.435 e. The maximum atomic E-state index is 14.6. The van der Waals surface area contributed by atoms with E-state index >= 15 is 0 Å². The van der Waals surface area contributed by atoms with Crippen molar-refractivity contribution in [1.82, 2.24) is 0 Å². The topological polar surface area (TPSA) is 79.2 Å². The molecule has 0 saturated heterocycles. The molecule has 0 fully saturated rings. The minimum absolute atomic E-state index is 0.0557. The highest BCUT2D eigenvalue weighted by Gasteiger charge is 2.73. The van der Waals surface area contributed by atoms with Gasteiger partial charge in [0.05, 0.1) is 11.3 Å². The number of nitrogens with zero attached hydrogens (tertiary/aromatic N) is 1. The summed E-state index contributed by atoms with van der Waals surface area (Å²) >= 11 is 2.64. The summed E-state index contributed by atoms with van der Waals surface area (Å²) in [4.78, 5) is 26.0. The van der Waals surface area contributed by atoms with Gasteiger partial charge in [-0.25, -0.2) is 4.39 Å². The molecule has 3 rings (SSSR count). The summed E-state index contributed by atoms with van der Waals surface area (Å²) in [5.41, 5.74) is -8.07. The Labute approximate surface area is 251 Å². The van der Waals surface area contributed by atoms with Crippen LogP contribution in [0.4, 0.5) is 45.2 Å². The number of halogens is 10. The third kappa shape index (κ3) is 6.83. The van der Waals surface area contributed by atoms with E-state index in [-0.39, 0.29) is 34.5 Å². The van der Waals surface area contributed by atoms with E-state index in [1.54, 1.807) is 19.1 Å². The number of nitrogens with one attached hydrogen (secondary N) is 1. The van der Waals surface area contributed by atoms with Crippen LogP contribution >= 0.6 is 15.9 Å². The molecule has 0 heterocycles. The van der Waals surface area contributed by atoms with Gasteiger partial charge in [-0.3, -0.25) is 9.59 Å². The molecule has 1 amide bonds. The van der Waals surface area contributed by atoms with Crippen molar-refractivity contribution in [3.63, 3.8) is 0 Å². The Morgan fingerprint density at radius 2 is 1.64 bits per heavy atom. The van der Waals surface area contributed by atoms with Crippen LogP contribution in [0.25, 0.3) is 0 Å². The molecule has 44 heavy (non-hydrogen) atoms. The summed E-state index contributed by atoms with van der Waals surface area (Å²) in [6.07, 6.45) is -8.71. The van der Waals surface area contributed by atoms with Crippen LogP contribution in [-0.2, 0) is 12.1 Å². The maximum Gasteiger partial charge on any atom is 0.435 e. The molecule has 0 aliphatic rings. The average Bonchev–Trinajstić information content (AvgIpc) is 2.92. The van der Waals surface area contributed by atoms with Gasteiger partial charge in [0.25, 0.3) is 5.91 Å². The first-order valence-corrected chi connectivity index (χ1v) is 12.7. The first kappa shape index (κ1) is 34.0. The number of carbonyl (C=O) groups is 2. The number of alkyl halides is 9. The number of carbonyl (C=O) groups excluding carboxylic acids is 2. The number of amides is 1. The molecule has 0 atom stereocenters. The zero-order valence-electron chi connectivity index (χ0n) is 21.9. The number of anilines is 1. The monoisotopic (exact) mass is 690 g/mol. The Hall–Kier alpha value is -4.50. The number of terminal acetylenes is 1. The summed E-state index contributed by atoms with van der Waals surface area (Å²) in [5, 5.41) is 11.9. The second-order valence-corrected chi connectivity index (χ2v) is 9.92. The van der Waals surface area contributed by atoms with Gasteiger partial charge < -0.3 is 10.1 Å². The fraction of sp³-hybridized carbons (Fsp3) is 0.207. The van der Waals surface area contributed by atoms with Crippen LogP contribution in [0.1, 0.15) is 48.5 Å². The van der Waals surface area contributed by atoms with Crippen LogP contribution in [0.3, 0.4) is 0 Å². The van der Waals surface area contributed by atoms with Crippen LogP contribution in [0.15, 0.2) is 53.0 Å². The van der Waals surface area contributed by atoms with Gasteiger partial charge in [-0.15, -0.1) is 6.42 Å². The van der Waals surface area contributed by atoms with Crippen molar-refractivity contribution in [3.05, 3.63) is 91.9 Å². The minimum Gasteiger partial charge on any atom is -0.434 e. The molecule has 0 aliphatic carbocycles. The Balaban J connectivity index is 2.03. The Kier molecular flexibility index (Phi) is 9.75. The molecule has 0 saturated carbocycles. The summed E-state index contributed by atoms with van der Waals surface area (Å²) in [7, 11) is 0. The molecule has 0 aromatic heterocycles. The van der Waals surface area contributed by atoms with Crippen molar-refractivity contribution in [2.45, 2.75) is 38.0 Å². The zero-order chi connectivity index (χ0) is 33.2. The lowest BCUT2D eigenvalue weighted by molar-refractivity contribution is -0.348. The highest BCUT2D eigenvalue weighted by Crippen LogP contribution is 2.54. The van der Waals surface area contributed by atoms with Crippen LogP contribution < -0.4 is 10.1 Å². The van der Waals surface area contributed by atoms with E-state index in [1.165, 1.54) is 12.1 Å². The minimum atomic E-state index is -6.55. The molecule has 0 unspecified atom stereocenters. The van der Waals surface area contributed by atoms with Crippen molar-refractivity contribution >= 4 is 33.3 Å². The predicted octanol–water partition coefficient (Wildman–Crippen LogP) is 8.18. The van der Waals surface area contributed by atoms with E-state index in [9.17, 15) is 54.4 Å². The first-order valence-electron chi connectivity index (χ1n) is 11.9. The zero-order valence-corrected chi connectivity index (χ0v) is 23.5. The number of benzene rings is 3. The number of rotatable bonds is 8. The number of hydrogen-bond acceptors (Lipinski definition) is 4. The predicted molar refractivity (Wildman–Crippen MR) is 142 cm³/mol. The van der Waals surface area contributed by atoms with Gasteiger partial charge in [-0.1, -0.05) is 21.9 Å². The second-order valence-electron chi connectivity index (χ2n) is 9.07. The van der Waals surface area contributed by atoms with Gasteiger partial charge in [-0.05, 0) is 61.0 Å². The van der Waals surface area contributed by atoms with Crippen LogP contribution in [-0.4, -0.2) is 30.7 Å². The van der Waals surface area contributed by atoms with Crippen molar-refractivity contribution in [3.8, 4) is 24.2 Å². The van der Waals surface area contributed by atoms with Crippen molar-refractivity contribution in [2.24, 2.45) is 0 Å². The number of ether oxygens (including phenoxy) is 1. The van der Waals surface area contributed by atoms with Crippen LogP contribution in [0.2, 0.25) is 0 Å². The van der Waals surface area contributed by atoms with Gasteiger partial charge >= 0.3 is 24.6 Å². The molecule has 1 N–H and O–H groups in total. The lowest BCUT2D eigenvalue weighted by Crippen LogP contribution is -2.50. The first-order chi connectivity index (χ1) is 20.3. The normalized spacial score (nSPS) is 12.0. The number of Topliss-reactive ketones (excluding diaryl/α,β-unsaturated/α-hetero) is 1. The lowest BCUT2D eigenvalue weighted by atomic mass is 9.91. The molecule has 0 spiro atoms. The van der Waals surface area contributed by atoms with Crippen molar-refractivity contribution in [2.75, 3.05) is 5.32 Å². The van der Waals surface area contributed by atoms with Crippen LogP contribution in [0, 0.1) is 30.6 Å². The molecule has 230 valence electrons. The molecular formula is C29H16BrF9N2O3. The fourth-order valence-electron chi connectivity index (χ4n) is 4.05. The van der Waals surface area contributed by atoms with E-state index in [2.05, 4.69) is 31.9 Å². The summed E-state index contributed by atoms with van der Waals surface area (Å²) in [6, 6.07) is 9.42. The molecule has 3 aromatic rings. The Bertz CT molecular complexity index is 1690. The second kappa shape index (κ2) is 12.6. The highest BCUT2D eigenvalue weighted by atomic mass is 79.9. The van der Waals surface area contributed by atoms with E-state index < -0.39 is 64.1 Å². The number of nitriles is 1. The number of ketones is 1. The molecule has 0 bridgehead atoms.